The lowest BCUT2D eigenvalue weighted by molar-refractivity contribution is 0.866. The second-order valence-corrected chi connectivity index (χ2v) is 3.21. The Kier molecular flexibility index (Phi) is 3.03. The molecule has 1 rings (SSSR count). The van der Waals surface area contributed by atoms with Gasteiger partial charge in [-0.25, -0.2) is 0 Å². The fourth-order valence-corrected chi connectivity index (χ4v) is 1.15. The average molecular weight is 161 g/mol. The van der Waals surface area contributed by atoms with Crippen molar-refractivity contribution in [3.8, 4) is 0 Å². The molecule has 0 amide bonds. The zero-order chi connectivity index (χ0) is 8.97. The Morgan fingerprint density at radius 2 is 2.08 bits per heavy atom. The first-order chi connectivity index (χ1) is 5.74. The number of nitrogens with zero attached hydrogens (tertiary/aromatic N) is 1. The van der Waals surface area contributed by atoms with Crippen LogP contribution in [0.5, 0.6) is 0 Å². The van der Waals surface area contributed by atoms with Crippen molar-refractivity contribution in [1.29, 1.82) is 0 Å². The summed E-state index contributed by atoms with van der Waals surface area (Å²) in [6, 6.07) is 8.47. The Labute approximate surface area is 74.2 Å². The predicted molar refractivity (Wildman–Crippen MR) is 54.0 cm³/mol. The van der Waals surface area contributed by atoms with Gasteiger partial charge in [0.05, 0.1) is 0 Å². The molecule has 0 heterocycles. The monoisotopic (exact) mass is 161 g/mol. The third-order valence-electron chi connectivity index (χ3n) is 1.86. The maximum atomic E-state index is 3.98. The minimum absolute atomic E-state index is 0.593. The van der Waals surface area contributed by atoms with Crippen LogP contribution in [0, 0.1) is 0 Å². The van der Waals surface area contributed by atoms with Crippen molar-refractivity contribution in [1.82, 2.24) is 0 Å². The summed E-state index contributed by atoms with van der Waals surface area (Å²) < 4.78 is 0. The highest BCUT2D eigenvalue weighted by Gasteiger charge is 1.97. The van der Waals surface area contributed by atoms with Crippen LogP contribution in [0.25, 0.3) is 0 Å². The van der Waals surface area contributed by atoms with Crippen LogP contribution in [0.15, 0.2) is 29.3 Å². The molecule has 0 aliphatic carbocycles. The fraction of sp³-hybridized carbons (Fsp3) is 0.364. The van der Waals surface area contributed by atoms with Gasteiger partial charge in [-0.05, 0) is 23.1 Å². The first-order valence-electron chi connectivity index (χ1n) is 4.26. The molecule has 0 fully saturated rings. The van der Waals surface area contributed by atoms with Crippen LogP contribution >= 0.6 is 0 Å². The van der Waals surface area contributed by atoms with Crippen molar-refractivity contribution in [2.75, 3.05) is 7.05 Å². The summed E-state index contributed by atoms with van der Waals surface area (Å²) in [7, 11) is 1.79. The van der Waals surface area contributed by atoms with Gasteiger partial charge in [-0.1, -0.05) is 32.0 Å². The predicted octanol–water partition coefficient (Wildman–Crippen LogP) is 2.86. The Hall–Kier alpha value is -1.11. The first kappa shape index (κ1) is 8.98. The quantitative estimate of drug-likeness (QED) is 0.591. The van der Waals surface area contributed by atoms with Crippen LogP contribution in [0.2, 0.25) is 0 Å². The SMILES string of the molecule is C/N=C/c1cccc(C(C)C)c1. The highest BCUT2D eigenvalue weighted by molar-refractivity contribution is 5.79. The van der Waals surface area contributed by atoms with E-state index in [0.717, 1.165) is 0 Å². The van der Waals surface area contributed by atoms with Crippen LogP contribution in [0.4, 0.5) is 0 Å². The summed E-state index contributed by atoms with van der Waals surface area (Å²) in [6.45, 7) is 4.39. The number of hydrogen-bond acceptors (Lipinski definition) is 1. The van der Waals surface area contributed by atoms with Crippen LogP contribution in [0.3, 0.4) is 0 Å². The van der Waals surface area contributed by atoms with E-state index in [1.807, 2.05) is 6.21 Å². The van der Waals surface area contributed by atoms with Gasteiger partial charge in [0.1, 0.15) is 0 Å². The summed E-state index contributed by atoms with van der Waals surface area (Å²) in [4.78, 5) is 3.98. The van der Waals surface area contributed by atoms with E-state index in [-0.39, 0.29) is 0 Å². The molecular weight excluding hydrogens is 146 g/mol. The van der Waals surface area contributed by atoms with Crippen molar-refractivity contribution >= 4 is 6.21 Å². The molecule has 1 heteroatoms. The van der Waals surface area contributed by atoms with Crippen molar-refractivity contribution in [2.45, 2.75) is 19.8 Å². The number of benzene rings is 1. The molecule has 12 heavy (non-hydrogen) atoms. The van der Waals surface area contributed by atoms with Crippen LogP contribution in [-0.2, 0) is 0 Å². The number of aliphatic imine (C=N–C) groups is 1. The fourth-order valence-electron chi connectivity index (χ4n) is 1.15. The molecule has 64 valence electrons. The summed E-state index contributed by atoms with van der Waals surface area (Å²) in [5, 5.41) is 0. The van der Waals surface area contributed by atoms with Gasteiger partial charge in [-0.3, -0.25) is 4.99 Å². The van der Waals surface area contributed by atoms with Gasteiger partial charge in [-0.2, -0.15) is 0 Å². The van der Waals surface area contributed by atoms with Crippen LogP contribution in [-0.4, -0.2) is 13.3 Å². The highest BCUT2D eigenvalue weighted by atomic mass is 14.6. The standard InChI is InChI=1S/C11H15N/c1-9(2)11-6-4-5-10(7-11)8-12-3/h4-9H,1-3H3/b12-8+. The smallest absolute Gasteiger partial charge is 0.0281 e. The van der Waals surface area contributed by atoms with Gasteiger partial charge >= 0.3 is 0 Å². The molecule has 0 bridgehead atoms. The molecule has 0 aliphatic heterocycles. The Balaban J connectivity index is 2.95. The average Bonchev–Trinajstić information content (AvgIpc) is 2.05. The highest BCUT2D eigenvalue weighted by Crippen LogP contribution is 2.14. The van der Waals surface area contributed by atoms with Crippen molar-refractivity contribution in [3.05, 3.63) is 35.4 Å². The molecule has 0 saturated carbocycles. The summed E-state index contributed by atoms with van der Waals surface area (Å²) in [6.07, 6.45) is 1.88. The van der Waals surface area contributed by atoms with Crippen LogP contribution in [0.1, 0.15) is 30.9 Å². The lowest BCUT2D eigenvalue weighted by Gasteiger charge is -2.04. The Morgan fingerprint density at radius 3 is 2.67 bits per heavy atom. The van der Waals surface area contributed by atoms with E-state index in [4.69, 9.17) is 0 Å². The largest absolute Gasteiger partial charge is 0.296 e. The summed E-state index contributed by atoms with van der Waals surface area (Å²) in [5.41, 5.74) is 2.55. The topological polar surface area (TPSA) is 12.4 Å². The molecule has 0 atom stereocenters. The number of rotatable bonds is 2. The van der Waals surface area contributed by atoms with Crippen molar-refractivity contribution < 1.29 is 0 Å². The van der Waals surface area contributed by atoms with E-state index >= 15 is 0 Å². The lowest BCUT2D eigenvalue weighted by Crippen LogP contribution is -1.89. The summed E-state index contributed by atoms with van der Waals surface area (Å²) >= 11 is 0. The maximum absolute atomic E-state index is 3.98. The molecule has 0 saturated heterocycles. The molecule has 1 aromatic carbocycles. The van der Waals surface area contributed by atoms with E-state index in [0.29, 0.717) is 5.92 Å². The summed E-state index contributed by atoms with van der Waals surface area (Å²) in [5.74, 6) is 0.593. The number of hydrogen-bond donors (Lipinski definition) is 0. The van der Waals surface area contributed by atoms with Crippen molar-refractivity contribution in [3.63, 3.8) is 0 Å². The lowest BCUT2D eigenvalue weighted by atomic mass is 10.0. The van der Waals surface area contributed by atoms with E-state index in [1.54, 1.807) is 7.05 Å². The zero-order valence-electron chi connectivity index (χ0n) is 7.91. The minimum atomic E-state index is 0.593. The molecule has 0 unspecified atom stereocenters. The van der Waals surface area contributed by atoms with Crippen molar-refractivity contribution in [2.24, 2.45) is 4.99 Å². The van der Waals surface area contributed by atoms with Crippen LogP contribution < -0.4 is 0 Å². The molecule has 1 aromatic rings. The van der Waals surface area contributed by atoms with Gasteiger partial charge in [0.15, 0.2) is 0 Å². The van der Waals surface area contributed by atoms with Gasteiger partial charge in [0.2, 0.25) is 0 Å². The Morgan fingerprint density at radius 1 is 1.33 bits per heavy atom. The van der Waals surface area contributed by atoms with Gasteiger partial charge in [-0.15, -0.1) is 0 Å². The van der Waals surface area contributed by atoms with E-state index in [2.05, 4.69) is 43.1 Å². The second-order valence-electron chi connectivity index (χ2n) is 3.21. The van der Waals surface area contributed by atoms with Gasteiger partial charge in [0, 0.05) is 13.3 Å². The molecule has 0 aliphatic rings. The molecule has 0 radical (unpaired) electrons. The second kappa shape index (κ2) is 4.05. The third-order valence-corrected chi connectivity index (χ3v) is 1.86. The maximum Gasteiger partial charge on any atom is 0.0281 e. The zero-order valence-corrected chi connectivity index (χ0v) is 7.91. The normalized spacial score (nSPS) is 11.3. The van der Waals surface area contributed by atoms with E-state index < -0.39 is 0 Å². The van der Waals surface area contributed by atoms with Gasteiger partial charge < -0.3 is 0 Å². The van der Waals surface area contributed by atoms with Gasteiger partial charge in [0.25, 0.3) is 0 Å². The molecule has 1 nitrogen and oxygen atoms in total. The third kappa shape index (κ3) is 2.19. The van der Waals surface area contributed by atoms with E-state index in [9.17, 15) is 0 Å². The molecule has 0 N–H and O–H groups in total. The molecule has 0 spiro atoms. The first-order valence-corrected chi connectivity index (χ1v) is 4.26. The molecular formula is C11H15N. The van der Waals surface area contributed by atoms with E-state index in [1.165, 1.54) is 11.1 Å². The minimum Gasteiger partial charge on any atom is -0.296 e. The molecule has 0 aromatic heterocycles. The Bertz CT molecular complexity index is 274.